The van der Waals surface area contributed by atoms with Crippen LogP contribution in [0.3, 0.4) is 0 Å². The number of aliphatic hydroxyl groups excluding tert-OH is 1. The zero-order valence-electron chi connectivity index (χ0n) is 11.4. The minimum absolute atomic E-state index is 0.0551. The fourth-order valence-electron chi connectivity index (χ4n) is 1.48. The summed E-state index contributed by atoms with van der Waals surface area (Å²) in [6.07, 6.45) is -1.90. The average Bonchev–Trinajstić information content (AvgIpc) is 2.38. The highest BCUT2D eigenvalue weighted by atomic mass is 19.1. The number of urea groups is 1. The van der Waals surface area contributed by atoms with Gasteiger partial charge in [-0.1, -0.05) is 0 Å². The number of carbonyl (C=O) groups is 2. The quantitative estimate of drug-likeness (QED) is 0.772. The Morgan fingerprint density at radius 3 is 2.55 bits per heavy atom. The molecule has 1 aromatic rings. The molecule has 7 heteroatoms. The largest absolute Gasteiger partial charge is 0.480 e. The normalized spacial score (nSPS) is 13.2. The third-order valence-electron chi connectivity index (χ3n) is 2.56. The molecule has 3 amide bonds. The Bertz CT molecular complexity index is 505. The number of hydrogen-bond donors (Lipinski definition) is 3. The van der Waals surface area contributed by atoms with Crippen molar-refractivity contribution in [1.29, 1.82) is 0 Å². The molecule has 1 aromatic carbocycles. The van der Waals surface area contributed by atoms with Crippen LogP contribution in [0.25, 0.3) is 0 Å². The van der Waals surface area contributed by atoms with Crippen molar-refractivity contribution in [3.8, 4) is 5.75 Å². The predicted molar refractivity (Wildman–Crippen MR) is 69.7 cm³/mol. The van der Waals surface area contributed by atoms with Gasteiger partial charge >= 0.3 is 6.03 Å². The number of benzene rings is 1. The minimum atomic E-state index is -1.02. The van der Waals surface area contributed by atoms with E-state index in [1.807, 2.05) is 5.32 Å². The van der Waals surface area contributed by atoms with E-state index in [0.29, 0.717) is 5.56 Å². The molecule has 0 saturated carbocycles. The van der Waals surface area contributed by atoms with E-state index in [-0.39, 0.29) is 5.75 Å². The molecular formula is C13H17FN2O4. The molecule has 6 nitrogen and oxygen atoms in total. The van der Waals surface area contributed by atoms with Crippen LogP contribution in [0.4, 0.5) is 9.18 Å². The molecule has 0 spiro atoms. The average molecular weight is 284 g/mol. The maximum absolute atomic E-state index is 13.2. The number of hydrogen-bond acceptors (Lipinski definition) is 4. The van der Waals surface area contributed by atoms with Crippen LogP contribution in [0.1, 0.15) is 25.5 Å². The maximum atomic E-state index is 13.2. The van der Waals surface area contributed by atoms with E-state index in [1.165, 1.54) is 33.0 Å². The Labute approximate surface area is 115 Å². The van der Waals surface area contributed by atoms with Gasteiger partial charge in [-0.2, -0.15) is 0 Å². The van der Waals surface area contributed by atoms with Crippen LogP contribution in [-0.4, -0.2) is 30.2 Å². The Kier molecular flexibility index (Phi) is 5.45. The van der Waals surface area contributed by atoms with Gasteiger partial charge in [0.2, 0.25) is 0 Å². The molecule has 0 aromatic heterocycles. The lowest BCUT2D eigenvalue weighted by Crippen LogP contribution is -2.44. The smallest absolute Gasteiger partial charge is 0.321 e. The van der Waals surface area contributed by atoms with Crippen LogP contribution in [0.15, 0.2) is 18.2 Å². The lowest BCUT2D eigenvalue weighted by molar-refractivity contribution is -0.126. The zero-order valence-corrected chi connectivity index (χ0v) is 11.4. The molecule has 0 radical (unpaired) electrons. The SMILES string of the molecule is CNC(=O)NC(=O)C(C)Oc1cc(F)ccc1[C@@H](C)O. The summed E-state index contributed by atoms with van der Waals surface area (Å²) in [6, 6.07) is 2.97. The van der Waals surface area contributed by atoms with Crippen LogP contribution < -0.4 is 15.4 Å². The van der Waals surface area contributed by atoms with Crippen LogP contribution >= 0.6 is 0 Å². The standard InChI is InChI=1S/C13H17FN2O4/c1-7(17)10-5-4-9(14)6-11(10)20-8(2)12(18)16-13(19)15-3/h4-8,17H,1-3H3,(H2,15,16,18,19)/t7-,8?/m1/s1. The van der Waals surface area contributed by atoms with Crippen molar-refractivity contribution in [2.75, 3.05) is 7.05 Å². The van der Waals surface area contributed by atoms with Crippen LogP contribution in [-0.2, 0) is 4.79 Å². The number of aliphatic hydroxyl groups is 1. The number of halogens is 1. The number of amides is 3. The monoisotopic (exact) mass is 284 g/mol. The summed E-state index contributed by atoms with van der Waals surface area (Å²) in [6.45, 7) is 2.91. The molecule has 2 atom stereocenters. The van der Waals surface area contributed by atoms with E-state index in [0.717, 1.165) is 6.07 Å². The number of nitrogens with one attached hydrogen (secondary N) is 2. The molecule has 0 saturated heterocycles. The third-order valence-corrected chi connectivity index (χ3v) is 2.56. The second kappa shape index (κ2) is 6.85. The minimum Gasteiger partial charge on any atom is -0.480 e. The highest BCUT2D eigenvalue weighted by Crippen LogP contribution is 2.26. The van der Waals surface area contributed by atoms with Crippen molar-refractivity contribution in [3.63, 3.8) is 0 Å². The number of imide groups is 1. The lowest BCUT2D eigenvalue weighted by Gasteiger charge is -2.18. The Morgan fingerprint density at radius 2 is 2.00 bits per heavy atom. The first-order valence-electron chi connectivity index (χ1n) is 6.02. The molecule has 0 fully saturated rings. The molecular weight excluding hydrogens is 267 g/mol. The summed E-state index contributed by atoms with van der Waals surface area (Å²) in [5, 5.41) is 13.8. The summed E-state index contributed by atoms with van der Waals surface area (Å²) in [7, 11) is 1.37. The molecule has 1 unspecified atom stereocenters. The van der Waals surface area contributed by atoms with E-state index in [2.05, 4.69) is 5.32 Å². The predicted octanol–water partition coefficient (Wildman–Crippen LogP) is 1.10. The van der Waals surface area contributed by atoms with Gasteiger partial charge in [0.25, 0.3) is 5.91 Å². The molecule has 0 aliphatic rings. The van der Waals surface area contributed by atoms with Gasteiger partial charge < -0.3 is 15.2 Å². The van der Waals surface area contributed by atoms with Gasteiger partial charge in [0.1, 0.15) is 11.6 Å². The molecule has 20 heavy (non-hydrogen) atoms. The number of ether oxygens (including phenoxy) is 1. The van der Waals surface area contributed by atoms with Crippen LogP contribution in [0, 0.1) is 5.82 Å². The first kappa shape index (κ1) is 15.9. The van der Waals surface area contributed by atoms with Crippen LogP contribution in [0.2, 0.25) is 0 Å². The third kappa shape index (κ3) is 4.20. The highest BCUT2D eigenvalue weighted by molar-refractivity contribution is 5.96. The molecule has 1 rings (SSSR count). The highest BCUT2D eigenvalue weighted by Gasteiger charge is 2.19. The Morgan fingerprint density at radius 1 is 1.35 bits per heavy atom. The molecule has 0 aliphatic carbocycles. The molecule has 0 bridgehead atoms. The van der Waals surface area contributed by atoms with E-state index >= 15 is 0 Å². The zero-order chi connectivity index (χ0) is 15.3. The fourth-order valence-corrected chi connectivity index (χ4v) is 1.48. The molecule has 110 valence electrons. The summed E-state index contributed by atoms with van der Waals surface area (Å²) < 4.78 is 18.5. The first-order chi connectivity index (χ1) is 9.35. The molecule has 3 N–H and O–H groups in total. The van der Waals surface area contributed by atoms with Crippen molar-refractivity contribution in [2.24, 2.45) is 0 Å². The van der Waals surface area contributed by atoms with Crippen molar-refractivity contribution >= 4 is 11.9 Å². The van der Waals surface area contributed by atoms with Gasteiger partial charge in [0.05, 0.1) is 6.10 Å². The summed E-state index contributed by atoms with van der Waals surface area (Å²) in [5.74, 6) is -1.17. The van der Waals surface area contributed by atoms with Gasteiger partial charge in [-0.15, -0.1) is 0 Å². The first-order valence-corrected chi connectivity index (χ1v) is 6.02. The summed E-state index contributed by atoms with van der Waals surface area (Å²) >= 11 is 0. The van der Waals surface area contributed by atoms with E-state index in [9.17, 15) is 19.1 Å². The van der Waals surface area contributed by atoms with Crippen molar-refractivity contribution in [3.05, 3.63) is 29.6 Å². The Hall–Kier alpha value is -2.15. The van der Waals surface area contributed by atoms with Gasteiger partial charge in [0.15, 0.2) is 6.10 Å². The fraction of sp³-hybridized carbons (Fsp3) is 0.385. The van der Waals surface area contributed by atoms with Gasteiger partial charge in [-0.05, 0) is 26.0 Å². The van der Waals surface area contributed by atoms with Crippen molar-refractivity contribution in [1.82, 2.24) is 10.6 Å². The van der Waals surface area contributed by atoms with E-state index in [4.69, 9.17) is 4.74 Å². The summed E-state index contributed by atoms with van der Waals surface area (Å²) in [4.78, 5) is 22.6. The van der Waals surface area contributed by atoms with E-state index < -0.39 is 30.0 Å². The van der Waals surface area contributed by atoms with Gasteiger partial charge in [-0.25, -0.2) is 9.18 Å². The Balaban J connectivity index is 2.84. The van der Waals surface area contributed by atoms with Gasteiger partial charge in [-0.3, -0.25) is 10.1 Å². The second-order valence-corrected chi connectivity index (χ2v) is 4.19. The van der Waals surface area contributed by atoms with Gasteiger partial charge in [0, 0.05) is 18.7 Å². The van der Waals surface area contributed by atoms with Crippen molar-refractivity contribution in [2.45, 2.75) is 26.1 Å². The molecule has 0 heterocycles. The summed E-state index contributed by atoms with van der Waals surface area (Å²) in [5.41, 5.74) is 0.353. The van der Waals surface area contributed by atoms with Crippen molar-refractivity contribution < 1.29 is 23.8 Å². The van der Waals surface area contributed by atoms with E-state index in [1.54, 1.807) is 0 Å². The second-order valence-electron chi connectivity index (χ2n) is 4.19. The molecule has 0 aliphatic heterocycles. The lowest BCUT2D eigenvalue weighted by atomic mass is 10.1. The number of carbonyl (C=O) groups excluding carboxylic acids is 2. The number of rotatable bonds is 4. The maximum Gasteiger partial charge on any atom is 0.321 e. The van der Waals surface area contributed by atoms with Crippen LogP contribution in [0.5, 0.6) is 5.75 Å². The topological polar surface area (TPSA) is 87.7 Å².